The minimum Gasteiger partial charge on any atom is -0.315 e. The Morgan fingerprint density at radius 2 is 1.67 bits per heavy atom. The molecule has 0 amide bonds. The Morgan fingerprint density at radius 3 is 2.39 bits per heavy atom. The molecule has 0 atom stereocenters. The number of nitrogens with one attached hydrogen (secondary N) is 2. The van der Waals surface area contributed by atoms with Gasteiger partial charge in [-0.25, -0.2) is 0 Å². The third-order valence-electron chi connectivity index (χ3n) is 3.84. The predicted octanol–water partition coefficient (Wildman–Crippen LogP) is 2.50. The van der Waals surface area contributed by atoms with Gasteiger partial charge in [0, 0.05) is 19.1 Å². The molecule has 1 aliphatic carbocycles. The lowest BCUT2D eigenvalue weighted by atomic mass is 9.99. The molecular weight excluding hydrogens is 220 g/mol. The lowest BCUT2D eigenvalue weighted by Gasteiger charge is -2.11. The van der Waals surface area contributed by atoms with Crippen molar-refractivity contribution in [3.8, 4) is 0 Å². The average Bonchev–Trinajstić information content (AvgIpc) is 3.13. The quantitative estimate of drug-likeness (QED) is 0.722. The van der Waals surface area contributed by atoms with Gasteiger partial charge in [-0.15, -0.1) is 0 Å². The fraction of sp³-hybridized carbons (Fsp3) is 0.625. The second-order valence-electron chi connectivity index (χ2n) is 5.59. The molecule has 1 aliphatic rings. The molecule has 0 aromatic heterocycles. The smallest absolute Gasteiger partial charge is 0.00793 e. The Morgan fingerprint density at radius 1 is 0.944 bits per heavy atom. The van der Waals surface area contributed by atoms with Gasteiger partial charge in [0.15, 0.2) is 0 Å². The summed E-state index contributed by atoms with van der Waals surface area (Å²) in [5.41, 5.74) is 5.72. The van der Waals surface area contributed by atoms with Gasteiger partial charge in [-0.3, -0.25) is 0 Å². The van der Waals surface area contributed by atoms with Crippen molar-refractivity contribution in [1.29, 1.82) is 0 Å². The second-order valence-corrected chi connectivity index (χ2v) is 5.59. The van der Waals surface area contributed by atoms with Crippen molar-refractivity contribution in [1.82, 2.24) is 10.6 Å². The van der Waals surface area contributed by atoms with Crippen LogP contribution in [0.15, 0.2) is 12.1 Å². The van der Waals surface area contributed by atoms with Gasteiger partial charge in [0.05, 0.1) is 0 Å². The van der Waals surface area contributed by atoms with Gasteiger partial charge in [-0.2, -0.15) is 0 Å². The maximum Gasteiger partial charge on any atom is 0.00793 e. The number of benzene rings is 1. The molecule has 18 heavy (non-hydrogen) atoms. The zero-order valence-electron chi connectivity index (χ0n) is 12.0. The fourth-order valence-corrected chi connectivity index (χ4v) is 2.29. The van der Waals surface area contributed by atoms with Gasteiger partial charge in [0.2, 0.25) is 0 Å². The summed E-state index contributed by atoms with van der Waals surface area (Å²) in [4.78, 5) is 0. The second kappa shape index (κ2) is 6.35. The molecule has 1 aromatic rings. The maximum atomic E-state index is 3.52. The van der Waals surface area contributed by atoms with Crippen molar-refractivity contribution in [2.24, 2.45) is 0 Å². The molecule has 0 bridgehead atoms. The molecular formula is C16H26N2. The summed E-state index contributed by atoms with van der Waals surface area (Å²) in [6, 6.07) is 5.47. The fourth-order valence-electron chi connectivity index (χ4n) is 2.29. The Hall–Kier alpha value is -0.860. The van der Waals surface area contributed by atoms with E-state index in [0.717, 1.165) is 32.1 Å². The van der Waals surface area contributed by atoms with E-state index in [-0.39, 0.29) is 0 Å². The largest absolute Gasteiger partial charge is 0.315 e. The first kappa shape index (κ1) is 13.6. The van der Waals surface area contributed by atoms with E-state index >= 15 is 0 Å². The maximum absolute atomic E-state index is 3.52. The Bertz CT molecular complexity index is 394. The van der Waals surface area contributed by atoms with Crippen LogP contribution < -0.4 is 10.6 Å². The molecule has 0 heterocycles. The molecule has 0 saturated heterocycles. The highest BCUT2D eigenvalue weighted by Gasteiger charge is 2.19. The average molecular weight is 246 g/mol. The van der Waals surface area contributed by atoms with Crippen LogP contribution in [0.2, 0.25) is 0 Å². The Kier molecular flexibility index (Phi) is 4.79. The molecule has 1 aromatic carbocycles. The van der Waals surface area contributed by atoms with Crippen LogP contribution in [0.5, 0.6) is 0 Å². The molecule has 100 valence electrons. The van der Waals surface area contributed by atoms with Gasteiger partial charge in [-0.05, 0) is 68.8 Å². The summed E-state index contributed by atoms with van der Waals surface area (Å²) >= 11 is 0. The lowest BCUT2D eigenvalue weighted by Crippen LogP contribution is -2.29. The zero-order chi connectivity index (χ0) is 13.0. The van der Waals surface area contributed by atoms with Crippen LogP contribution in [0.4, 0.5) is 0 Å². The minimum atomic E-state index is 0.828. The van der Waals surface area contributed by atoms with E-state index in [9.17, 15) is 0 Å². The van der Waals surface area contributed by atoms with E-state index in [1.807, 2.05) is 0 Å². The van der Waals surface area contributed by atoms with Gasteiger partial charge < -0.3 is 10.6 Å². The highest BCUT2D eigenvalue weighted by atomic mass is 15.0. The standard InChI is InChI=1S/C16H26N2/c1-12-10-14(3)15(11-13(12)2)6-7-17-8-9-18-16-4-5-16/h10-11,16-18H,4-9H2,1-3H3. The van der Waals surface area contributed by atoms with Crippen molar-refractivity contribution in [3.05, 3.63) is 34.4 Å². The van der Waals surface area contributed by atoms with Crippen molar-refractivity contribution in [2.45, 2.75) is 46.1 Å². The minimum absolute atomic E-state index is 0.828. The van der Waals surface area contributed by atoms with Crippen LogP contribution in [-0.4, -0.2) is 25.7 Å². The first-order valence-corrected chi connectivity index (χ1v) is 7.17. The van der Waals surface area contributed by atoms with E-state index < -0.39 is 0 Å². The predicted molar refractivity (Wildman–Crippen MR) is 78.3 cm³/mol. The summed E-state index contributed by atoms with van der Waals surface area (Å²) in [6.07, 6.45) is 3.89. The van der Waals surface area contributed by atoms with E-state index in [2.05, 4.69) is 43.5 Å². The molecule has 2 rings (SSSR count). The normalized spacial score (nSPS) is 15.1. The zero-order valence-corrected chi connectivity index (χ0v) is 12.0. The summed E-state index contributed by atoms with van der Waals surface area (Å²) in [5.74, 6) is 0. The van der Waals surface area contributed by atoms with E-state index in [4.69, 9.17) is 0 Å². The Balaban J connectivity index is 1.67. The van der Waals surface area contributed by atoms with Gasteiger partial charge in [0.25, 0.3) is 0 Å². The summed E-state index contributed by atoms with van der Waals surface area (Å²) in [6.45, 7) is 9.88. The number of rotatable bonds is 7. The van der Waals surface area contributed by atoms with E-state index in [1.165, 1.54) is 35.1 Å². The SMILES string of the molecule is Cc1cc(C)c(CCNCCNC2CC2)cc1C. The molecule has 2 heteroatoms. The van der Waals surface area contributed by atoms with Gasteiger partial charge in [-0.1, -0.05) is 12.1 Å². The molecule has 0 unspecified atom stereocenters. The first-order chi connectivity index (χ1) is 8.66. The lowest BCUT2D eigenvalue weighted by molar-refractivity contribution is 0.608. The van der Waals surface area contributed by atoms with Crippen LogP contribution >= 0.6 is 0 Å². The van der Waals surface area contributed by atoms with E-state index in [1.54, 1.807) is 0 Å². The molecule has 0 aliphatic heterocycles. The number of hydrogen-bond donors (Lipinski definition) is 2. The van der Waals surface area contributed by atoms with Crippen molar-refractivity contribution < 1.29 is 0 Å². The first-order valence-electron chi connectivity index (χ1n) is 7.17. The van der Waals surface area contributed by atoms with Crippen LogP contribution in [0.1, 0.15) is 35.1 Å². The van der Waals surface area contributed by atoms with Crippen LogP contribution in [0.3, 0.4) is 0 Å². The third kappa shape index (κ3) is 4.11. The van der Waals surface area contributed by atoms with Crippen LogP contribution in [-0.2, 0) is 6.42 Å². The highest BCUT2D eigenvalue weighted by molar-refractivity contribution is 5.36. The van der Waals surface area contributed by atoms with Gasteiger partial charge >= 0.3 is 0 Å². The number of aryl methyl sites for hydroxylation is 3. The molecule has 0 radical (unpaired) electrons. The van der Waals surface area contributed by atoms with Crippen molar-refractivity contribution in [3.63, 3.8) is 0 Å². The summed E-state index contributed by atoms with van der Waals surface area (Å²) in [7, 11) is 0. The van der Waals surface area contributed by atoms with Crippen LogP contribution in [0, 0.1) is 20.8 Å². The van der Waals surface area contributed by atoms with Crippen molar-refractivity contribution in [2.75, 3.05) is 19.6 Å². The van der Waals surface area contributed by atoms with Crippen LogP contribution in [0.25, 0.3) is 0 Å². The van der Waals surface area contributed by atoms with E-state index in [0.29, 0.717) is 0 Å². The van der Waals surface area contributed by atoms with Gasteiger partial charge in [0.1, 0.15) is 0 Å². The highest BCUT2D eigenvalue weighted by Crippen LogP contribution is 2.18. The monoisotopic (exact) mass is 246 g/mol. The number of hydrogen-bond acceptors (Lipinski definition) is 2. The van der Waals surface area contributed by atoms with Crippen molar-refractivity contribution >= 4 is 0 Å². The summed E-state index contributed by atoms with van der Waals surface area (Å²) in [5, 5.41) is 7.04. The molecule has 1 saturated carbocycles. The Labute approximate surface area is 111 Å². The molecule has 2 nitrogen and oxygen atoms in total. The molecule has 1 fully saturated rings. The molecule has 0 spiro atoms. The third-order valence-corrected chi connectivity index (χ3v) is 3.84. The molecule has 2 N–H and O–H groups in total. The summed E-state index contributed by atoms with van der Waals surface area (Å²) < 4.78 is 0. The topological polar surface area (TPSA) is 24.1 Å².